The van der Waals surface area contributed by atoms with Crippen LogP contribution in [0.1, 0.15) is 24.1 Å². The van der Waals surface area contributed by atoms with Crippen molar-refractivity contribution in [3.63, 3.8) is 0 Å². The van der Waals surface area contributed by atoms with E-state index in [4.69, 9.17) is 4.74 Å². The number of hydrogen-bond acceptors (Lipinski definition) is 4. The number of nitrogens with one attached hydrogen (secondary N) is 1. The average molecular weight is 234 g/mol. The van der Waals surface area contributed by atoms with Crippen molar-refractivity contribution < 1.29 is 9.84 Å². The van der Waals surface area contributed by atoms with Crippen molar-refractivity contribution in [2.24, 2.45) is 0 Å². The van der Waals surface area contributed by atoms with Gasteiger partial charge >= 0.3 is 0 Å². The predicted molar refractivity (Wildman–Crippen MR) is 63.6 cm³/mol. The zero-order valence-electron chi connectivity index (χ0n) is 10.0. The zero-order chi connectivity index (χ0) is 11.9. The minimum Gasteiger partial charge on any atom is -0.383 e. The van der Waals surface area contributed by atoms with Crippen molar-refractivity contribution in [1.29, 1.82) is 0 Å². The van der Waals surface area contributed by atoms with Crippen LogP contribution >= 0.6 is 0 Å². The lowest BCUT2D eigenvalue weighted by Gasteiger charge is -2.45. The van der Waals surface area contributed by atoms with Crippen molar-refractivity contribution in [3.8, 4) is 0 Å². The number of nitrogens with zero attached hydrogens (tertiary/aromatic N) is 1. The number of fused-ring (bicyclic) bond motifs is 2. The molecule has 2 atom stereocenters. The van der Waals surface area contributed by atoms with Gasteiger partial charge in [0.15, 0.2) is 0 Å². The molecule has 2 aliphatic heterocycles. The number of aliphatic hydroxyl groups is 1. The largest absolute Gasteiger partial charge is 0.383 e. The highest BCUT2D eigenvalue weighted by Crippen LogP contribution is 2.36. The molecule has 0 spiro atoms. The molecule has 17 heavy (non-hydrogen) atoms. The van der Waals surface area contributed by atoms with Gasteiger partial charge in [-0.3, -0.25) is 4.98 Å². The first-order valence-electron chi connectivity index (χ1n) is 6.16. The molecule has 2 unspecified atom stereocenters. The third-order valence-corrected chi connectivity index (χ3v) is 3.73. The Morgan fingerprint density at radius 1 is 1.41 bits per heavy atom. The summed E-state index contributed by atoms with van der Waals surface area (Å²) in [5.41, 5.74) is 1.10. The summed E-state index contributed by atoms with van der Waals surface area (Å²) in [6, 6.07) is 4.41. The molecule has 3 rings (SSSR count). The third-order valence-electron chi connectivity index (χ3n) is 3.73. The Balaban J connectivity index is 1.93. The molecular weight excluding hydrogens is 216 g/mol. The fourth-order valence-electron chi connectivity index (χ4n) is 3.08. The Morgan fingerprint density at radius 3 is 2.76 bits per heavy atom. The van der Waals surface area contributed by atoms with E-state index in [0.29, 0.717) is 26.1 Å². The topological polar surface area (TPSA) is 54.4 Å². The summed E-state index contributed by atoms with van der Waals surface area (Å²) in [6.45, 7) is 3.38. The molecule has 2 N–H and O–H groups in total. The molecule has 3 heterocycles. The van der Waals surface area contributed by atoms with Gasteiger partial charge in [0, 0.05) is 18.3 Å². The molecule has 0 saturated carbocycles. The Labute approximate surface area is 101 Å². The van der Waals surface area contributed by atoms with Gasteiger partial charge in [-0.15, -0.1) is 0 Å². The van der Waals surface area contributed by atoms with Crippen LogP contribution in [0, 0.1) is 6.92 Å². The standard InChI is InChI=1S/C13H18N2O2/c1-9-3-2-4-14-12(9)13(16)5-10-7-17-8-11(6-13)15-10/h2-4,10-11,15-16H,5-8H2,1H3. The quantitative estimate of drug-likeness (QED) is 0.752. The number of morpholine rings is 1. The number of pyridine rings is 1. The molecule has 1 aromatic rings. The fourth-order valence-corrected chi connectivity index (χ4v) is 3.08. The summed E-state index contributed by atoms with van der Waals surface area (Å²) in [4.78, 5) is 4.38. The number of piperidine rings is 1. The van der Waals surface area contributed by atoms with E-state index in [1.807, 2.05) is 19.1 Å². The van der Waals surface area contributed by atoms with Crippen LogP contribution in [0.25, 0.3) is 0 Å². The second-order valence-electron chi connectivity index (χ2n) is 5.21. The van der Waals surface area contributed by atoms with Gasteiger partial charge in [0.05, 0.1) is 18.9 Å². The number of aromatic nitrogens is 1. The van der Waals surface area contributed by atoms with Crippen LogP contribution in [0.15, 0.2) is 18.3 Å². The van der Waals surface area contributed by atoms with E-state index in [1.54, 1.807) is 6.20 Å². The highest BCUT2D eigenvalue weighted by atomic mass is 16.5. The molecule has 2 bridgehead atoms. The molecule has 1 aromatic heterocycles. The maximum absolute atomic E-state index is 10.9. The van der Waals surface area contributed by atoms with Gasteiger partial charge in [-0.05, 0) is 31.4 Å². The normalized spacial score (nSPS) is 36.8. The minimum absolute atomic E-state index is 0.244. The molecule has 0 amide bonds. The summed E-state index contributed by atoms with van der Waals surface area (Å²) in [7, 11) is 0. The van der Waals surface area contributed by atoms with Crippen molar-refractivity contribution in [2.75, 3.05) is 13.2 Å². The number of ether oxygens (including phenoxy) is 1. The lowest BCUT2D eigenvalue weighted by atomic mass is 9.79. The minimum atomic E-state index is -0.796. The highest BCUT2D eigenvalue weighted by molar-refractivity contribution is 5.25. The summed E-state index contributed by atoms with van der Waals surface area (Å²) >= 11 is 0. The second kappa shape index (κ2) is 4.05. The molecular formula is C13H18N2O2. The second-order valence-corrected chi connectivity index (χ2v) is 5.21. The van der Waals surface area contributed by atoms with Gasteiger partial charge < -0.3 is 15.2 Å². The van der Waals surface area contributed by atoms with Gasteiger partial charge in [-0.25, -0.2) is 0 Å². The van der Waals surface area contributed by atoms with Crippen LogP contribution in [0.2, 0.25) is 0 Å². The Bertz CT molecular complexity index is 410. The lowest BCUT2D eigenvalue weighted by molar-refractivity contribution is -0.0827. The van der Waals surface area contributed by atoms with Crippen LogP contribution in [0.3, 0.4) is 0 Å². The molecule has 4 heteroatoms. The third kappa shape index (κ3) is 1.97. The summed E-state index contributed by atoms with van der Waals surface area (Å²) in [5.74, 6) is 0. The van der Waals surface area contributed by atoms with Gasteiger partial charge in [0.25, 0.3) is 0 Å². The number of hydrogen-bond donors (Lipinski definition) is 2. The molecule has 2 aliphatic rings. The summed E-state index contributed by atoms with van der Waals surface area (Å²) in [6.07, 6.45) is 3.12. The zero-order valence-corrected chi connectivity index (χ0v) is 10.0. The smallest absolute Gasteiger partial charge is 0.110 e. The molecule has 0 aromatic carbocycles. The first-order chi connectivity index (χ1) is 8.17. The van der Waals surface area contributed by atoms with Crippen LogP contribution in [-0.2, 0) is 10.3 Å². The maximum atomic E-state index is 10.9. The molecule has 0 radical (unpaired) electrons. The van der Waals surface area contributed by atoms with Gasteiger partial charge in [-0.2, -0.15) is 0 Å². The first kappa shape index (κ1) is 11.1. The van der Waals surface area contributed by atoms with Crippen LogP contribution in [-0.4, -0.2) is 35.4 Å². The molecule has 0 aliphatic carbocycles. The Morgan fingerprint density at radius 2 is 2.12 bits per heavy atom. The molecule has 4 nitrogen and oxygen atoms in total. The van der Waals surface area contributed by atoms with Crippen molar-refractivity contribution in [2.45, 2.75) is 37.5 Å². The summed E-state index contributed by atoms with van der Waals surface area (Å²) < 4.78 is 5.50. The average Bonchev–Trinajstić information content (AvgIpc) is 2.28. The van der Waals surface area contributed by atoms with E-state index >= 15 is 0 Å². The predicted octanol–water partition coefficient (Wildman–Crippen LogP) is 0.728. The Hall–Kier alpha value is -0.970. The lowest BCUT2D eigenvalue weighted by Crippen LogP contribution is -2.59. The van der Waals surface area contributed by atoms with Crippen LogP contribution < -0.4 is 5.32 Å². The van der Waals surface area contributed by atoms with E-state index in [2.05, 4.69) is 10.3 Å². The SMILES string of the molecule is Cc1cccnc1C1(O)CC2COCC(C1)N2. The highest BCUT2D eigenvalue weighted by Gasteiger charge is 2.43. The van der Waals surface area contributed by atoms with E-state index < -0.39 is 5.60 Å². The monoisotopic (exact) mass is 234 g/mol. The maximum Gasteiger partial charge on any atom is 0.110 e. The van der Waals surface area contributed by atoms with Crippen molar-refractivity contribution in [3.05, 3.63) is 29.6 Å². The van der Waals surface area contributed by atoms with Crippen LogP contribution in [0.5, 0.6) is 0 Å². The van der Waals surface area contributed by atoms with Gasteiger partial charge in [0.2, 0.25) is 0 Å². The summed E-state index contributed by atoms with van der Waals surface area (Å²) in [5, 5.41) is 14.4. The molecule has 2 saturated heterocycles. The Kier molecular flexibility index (Phi) is 2.65. The van der Waals surface area contributed by atoms with E-state index in [1.165, 1.54) is 0 Å². The van der Waals surface area contributed by atoms with E-state index in [9.17, 15) is 5.11 Å². The van der Waals surface area contributed by atoms with Crippen LogP contribution in [0.4, 0.5) is 0 Å². The molecule has 2 fully saturated rings. The number of rotatable bonds is 1. The van der Waals surface area contributed by atoms with E-state index in [-0.39, 0.29) is 12.1 Å². The van der Waals surface area contributed by atoms with Crippen molar-refractivity contribution >= 4 is 0 Å². The van der Waals surface area contributed by atoms with Gasteiger partial charge in [0.1, 0.15) is 5.60 Å². The van der Waals surface area contributed by atoms with E-state index in [0.717, 1.165) is 11.3 Å². The van der Waals surface area contributed by atoms with Gasteiger partial charge in [-0.1, -0.05) is 6.07 Å². The fraction of sp³-hybridized carbons (Fsp3) is 0.615. The van der Waals surface area contributed by atoms with Crippen molar-refractivity contribution in [1.82, 2.24) is 10.3 Å². The number of aryl methyl sites for hydroxylation is 1. The molecule has 92 valence electrons. The first-order valence-corrected chi connectivity index (χ1v) is 6.16.